The third-order valence-corrected chi connectivity index (χ3v) is 4.93. The minimum absolute atomic E-state index is 0. The second-order valence-electron chi connectivity index (χ2n) is 4.80. The number of hydrogen-bond donors (Lipinski definition) is 0. The van der Waals surface area contributed by atoms with Crippen LogP contribution in [-0.2, 0) is 9.84 Å². The van der Waals surface area contributed by atoms with Crippen LogP contribution in [0.2, 0.25) is 0 Å². The number of hydrogen-bond acceptors (Lipinski definition) is 3. The van der Waals surface area contributed by atoms with Gasteiger partial charge in [-0.15, -0.1) is 0 Å². The molecule has 0 aromatic heterocycles. The Morgan fingerprint density at radius 1 is 1.19 bits per heavy atom. The summed E-state index contributed by atoms with van der Waals surface area (Å²) >= 11 is 0. The van der Waals surface area contributed by atoms with Gasteiger partial charge in [0.1, 0.15) is 0 Å². The van der Waals surface area contributed by atoms with Crippen LogP contribution in [0.4, 0.5) is 0 Å². The summed E-state index contributed by atoms with van der Waals surface area (Å²) in [6, 6.07) is 1.13. The predicted octanol–water partition coefficient (Wildman–Crippen LogP) is -1.44. The first-order chi connectivity index (χ1) is 6.99. The summed E-state index contributed by atoms with van der Waals surface area (Å²) in [4.78, 5) is 2.37. The normalized spacial score (nSPS) is 38.2. The van der Waals surface area contributed by atoms with E-state index in [1.165, 1.54) is 24.7 Å². The molecule has 0 aliphatic carbocycles. The van der Waals surface area contributed by atoms with Crippen molar-refractivity contribution in [2.75, 3.05) is 5.75 Å². The van der Waals surface area contributed by atoms with Gasteiger partial charge in [0.25, 0.3) is 0 Å². The molecule has 3 unspecified atom stereocenters. The molecule has 2 rings (SSSR count). The second kappa shape index (κ2) is 5.07. The van der Waals surface area contributed by atoms with Crippen LogP contribution in [0.15, 0.2) is 11.5 Å². The Balaban J connectivity index is 0.00000128. The molecule has 0 amide bonds. The van der Waals surface area contributed by atoms with E-state index in [0.29, 0.717) is 12.1 Å². The molecule has 5 heteroatoms. The van der Waals surface area contributed by atoms with Crippen LogP contribution in [0, 0.1) is 0 Å². The molecule has 0 N–H and O–H groups in total. The largest absolute Gasteiger partial charge is 1.00 e. The highest BCUT2D eigenvalue weighted by Gasteiger charge is 2.34. The van der Waals surface area contributed by atoms with Crippen molar-refractivity contribution in [1.29, 1.82) is 0 Å². The zero-order chi connectivity index (χ0) is 11.1. The first-order valence-electron chi connectivity index (χ1n) is 5.68. The summed E-state index contributed by atoms with van der Waals surface area (Å²) in [6.07, 6.45) is 5.50. The molecule has 2 heterocycles. The lowest BCUT2D eigenvalue weighted by molar-refractivity contribution is -0.00000698. The Labute approximate surface area is 104 Å². The zero-order valence-corrected chi connectivity index (χ0v) is 11.3. The van der Waals surface area contributed by atoms with Crippen LogP contribution in [0.25, 0.3) is 0 Å². The van der Waals surface area contributed by atoms with Gasteiger partial charge in [-0.1, -0.05) is 12.5 Å². The van der Waals surface area contributed by atoms with Crippen molar-refractivity contribution in [2.45, 2.75) is 51.2 Å². The molecule has 0 spiro atoms. The molecule has 0 saturated carbocycles. The quantitative estimate of drug-likeness (QED) is 0.583. The SMILES string of the molecule is CC1CCCC(C)N1C1C=CS(=O)(=O)C1.[Cl-]. The molecule has 16 heavy (non-hydrogen) atoms. The van der Waals surface area contributed by atoms with Crippen LogP contribution in [-0.4, -0.2) is 37.2 Å². The summed E-state index contributed by atoms with van der Waals surface area (Å²) in [7, 11) is -2.91. The number of nitrogens with zero attached hydrogens (tertiary/aromatic N) is 1. The van der Waals surface area contributed by atoms with Crippen molar-refractivity contribution in [3.05, 3.63) is 11.5 Å². The average molecular weight is 265 g/mol. The molecule has 1 fully saturated rings. The molecule has 0 aromatic carbocycles. The van der Waals surface area contributed by atoms with Crippen LogP contribution < -0.4 is 12.4 Å². The first-order valence-corrected chi connectivity index (χ1v) is 7.39. The molecule has 3 atom stereocenters. The monoisotopic (exact) mass is 264 g/mol. The zero-order valence-electron chi connectivity index (χ0n) is 9.77. The Morgan fingerprint density at radius 3 is 2.19 bits per heavy atom. The van der Waals surface area contributed by atoms with Crippen molar-refractivity contribution in [3.63, 3.8) is 0 Å². The third kappa shape index (κ3) is 2.79. The van der Waals surface area contributed by atoms with Crippen molar-refractivity contribution in [3.8, 4) is 0 Å². The smallest absolute Gasteiger partial charge is 0.173 e. The van der Waals surface area contributed by atoms with Crippen LogP contribution in [0.5, 0.6) is 0 Å². The van der Waals surface area contributed by atoms with Crippen molar-refractivity contribution in [2.24, 2.45) is 0 Å². The van der Waals surface area contributed by atoms with E-state index in [-0.39, 0.29) is 24.2 Å². The molecule has 2 aliphatic rings. The fourth-order valence-corrected chi connectivity index (χ4v) is 4.13. The van der Waals surface area contributed by atoms with Gasteiger partial charge in [0.05, 0.1) is 5.75 Å². The number of halogens is 1. The van der Waals surface area contributed by atoms with Gasteiger partial charge in [-0.25, -0.2) is 8.42 Å². The highest BCUT2D eigenvalue weighted by atomic mass is 35.5. The van der Waals surface area contributed by atoms with Gasteiger partial charge in [-0.05, 0) is 26.7 Å². The Bertz CT molecular complexity index is 356. The van der Waals surface area contributed by atoms with Gasteiger partial charge in [0, 0.05) is 23.5 Å². The maximum Gasteiger partial charge on any atom is 0.173 e. The van der Waals surface area contributed by atoms with Crippen molar-refractivity contribution in [1.82, 2.24) is 4.90 Å². The Hall–Kier alpha value is -0.0600. The fourth-order valence-electron chi connectivity index (χ4n) is 2.84. The van der Waals surface area contributed by atoms with E-state index in [1.54, 1.807) is 0 Å². The molecule has 3 nitrogen and oxygen atoms in total. The average Bonchev–Trinajstić information content (AvgIpc) is 2.46. The van der Waals surface area contributed by atoms with Gasteiger partial charge < -0.3 is 12.4 Å². The molecule has 0 bridgehead atoms. The Kier molecular flexibility index (Phi) is 4.43. The molecule has 2 aliphatic heterocycles. The summed E-state index contributed by atoms with van der Waals surface area (Å²) in [6.45, 7) is 4.41. The van der Waals surface area contributed by atoms with E-state index in [0.717, 1.165) is 0 Å². The summed E-state index contributed by atoms with van der Waals surface area (Å²) < 4.78 is 22.8. The summed E-state index contributed by atoms with van der Waals surface area (Å²) in [5, 5.41) is 1.38. The van der Waals surface area contributed by atoms with E-state index in [1.807, 2.05) is 6.08 Å². The van der Waals surface area contributed by atoms with Gasteiger partial charge in [-0.2, -0.15) is 0 Å². The van der Waals surface area contributed by atoms with Gasteiger partial charge in [0.15, 0.2) is 9.84 Å². The van der Waals surface area contributed by atoms with Gasteiger partial charge in [-0.3, -0.25) is 4.90 Å². The van der Waals surface area contributed by atoms with Crippen LogP contribution in [0.3, 0.4) is 0 Å². The minimum atomic E-state index is -2.91. The molecule has 0 aromatic rings. The van der Waals surface area contributed by atoms with Gasteiger partial charge in [0.2, 0.25) is 0 Å². The number of rotatable bonds is 1. The van der Waals surface area contributed by atoms with E-state index in [2.05, 4.69) is 18.7 Å². The lowest BCUT2D eigenvalue weighted by atomic mass is 9.95. The molecular weight excluding hydrogens is 246 g/mol. The molecular formula is C11H19ClNO2S-. The molecule has 1 saturated heterocycles. The minimum Gasteiger partial charge on any atom is -1.00 e. The molecule has 0 radical (unpaired) electrons. The summed E-state index contributed by atoms with van der Waals surface area (Å²) in [5.74, 6) is 0.279. The van der Waals surface area contributed by atoms with E-state index >= 15 is 0 Å². The predicted molar refractivity (Wildman–Crippen MR) is 61.3 cm³/mol. The highest BCUT2D eigenvalue weighted by Crippen LogP contribution is 2.28. The third-order valence-electron chi connectivity index (χ3n) is 3.56. The van der Waals surface area contributed by atoms with E-state index in [4.69, 9.17) is 0 Å². The lowest BCUT2D eigenvalue weighted by Crippen LogP contribution is -3.00. The topological polar surface area (TPSA) is 37.4 Å². The number of sulfone groups is 1. The second-order valence-corrected chi connectivity index (χ2v) is 6.73. The van der Waals surface area contributed by atoms with Crippen molar-refractivity contribution < 1.29 is 20.8 Å². The van der Waals surface area contributed by atoms with E-state index in [9.17, 15) is 8.42 Å². The van der Waals surface area contributed by atoms with Crippen molar-refractivity contribution >= 4 is 9.84 Å². The standard InChI is InChI=1S/C11H19NO2S.ClH/c1-9-4-3-5-10(2)12(9)11-6-7-15(13,14)8-11;/h6-7,9-11H,3-5,8H2,1-2H3;1H/p-1. The van der Waals surface area contributed by atoms with E-state index < -0.39 is 9.84 Å². The molecule has 94 valence electrons. The highest BCUT2D eigenvalue weighted by molar-refractivity contribution is 7.94. The maximum absolute atomic E-state index is 11.4. The Morgan fingerprint density at radius 2 is 1.75 bits per heavy atom. The number of likely N-dealkylation sites (tertiary alicyclic amines) is 1. The fraction of sp³-hybridized carbons (Fsp3) is 0.818. The summed E-state index contributed by atoms with van der Waals surface area (Å²) in [5.41, 5.74) is 0. The lowest BCUT2D eigenvalue weighted by Gasteiger charge is -2.42. The van der Waals surface area contributed by atoms with Crippen LogP contribution in [0.1, 0.15) is 33.1 Å². The number of piperidine rings is 1. The maximum atomic E-state index is 11.4. The van der Waals surface area contributed by atoms with Gasteiger partial charge >= 0.3 is 0 Å². The first kappa shape index (κ1) is 14.0. The van der Waals surface area contributed by atoms with Crippen LogP contribution >= 0.6 is 0 Å².